The second-order valence-corrected chi connectivity index (χ2v) is 2.40. The van der Waals surface area contributed by atoms with Crippen LogP contribution in [0.15, 0.2) is 12.2 Å². The molecule has 0 aromatic carbocycles. The molecule has 6 heavy (non-hydrogen) atoms. The second kappa shape index (κ2) is 1.53. The molecule has 1 aliphatic heterocycles. The van der Waals surface area contributed by atoms with E-state index < -0.39 is 0 Å². The molecule has 2 heteroatoms. The van der Waals surface area contributed by atoms with Gasteiger partial charge in [0.25, 0.3) is 0 Å². The smallest absolute Gasteiger partial charge is 0.173 e. The highest BCUT2D eigenvalue weighted by molar-refractivity contribution is 7.59. The van der Waals surface area contributed by atoms with E-state index in [1.54, 1.807) is 6.08 Å². The van der Waals surface area contributed by atoms with Crippen LogP contribution in [0.1, 0.15) is 0 Å². The van der Waals surface area contributed by atoms with Gasteiger partial charge in [0.2, 0.25) is 0 Å². The van der Waals surface area contributed by atoms with E-state index in [1.165, 1.54) is 0 Å². The summed E-state index contributed by atoms with van der Waals surface area (Å²) in [5.74, 6) is 0. The molecule has 1 rings (SSSR count). The normalized spacial score (nSPS) is 23.7. The van der Waals surface area contributed by atoms with E-state index in [0.717, 1.165) is 6.16 Å². The third-order valence-corrected chi connectivity index (χ3v) is 1.62. The van der Waals surface area contributed by atoms with E-state index in [9.17, 15) is 4.79 Å². The number of allylic oxidation sites excluding steroid dienone is 2. The maximum absolute atomic E-state index is 10.2. The van der Waals surface area contributed by atoms with Crippen LogP contribution in [0.5, 0.6) is 0 Å². The Kier molecular flexibility index (Phi) is 1.02. The Hall–Kier alpha value is -0.160. The standard InChI is InChI=1S/C4H5OP/c5-4-2-1-3-6-4/h1-2,6H,3H2. The number of hydrogen-bond acceptors (Lipinski definition) is 1. The van der Waals surface area contributed by atoms with Gasteiger partial charge in [0.1, 0.15) is 0 Å². The summed E-state index contributed by atoms with van der Waals surface area (Å²) < 4.78 is 0. The first-order valence-corrected chi connectivity index (χ1v) is 3.05. The monoisotopic (exact) mass is 100 g/mol. The molecule has 0 aliphatic carbocycles. The number of carbonyl (C=O) groups excluding carboxylic acids is 1. The second-order valence-electron chi connectivity index (χ2n) is 1.15. The molecule has 0 bridgehead atoms. The van der Waals surface area contributed by atoms with Crippen molar-refractivity contribution in [3.8, 4) is 0 Å². The first-order chi connectivity index (χ1) is 2.89. The third-order valence-electron chi connectivity index (χ3n) is 0.663. The zero-order chi connectivity index (χ0) is 4.41. The quantitative estimate of drug-likeness (QED) is 0.411. The molecule has 0 amide bonds. The van der Waals surface area contributed by atoms with Gasteiger partial charge >= 0.3 is 0 Å². The van der Waals surface area contributed by atoms with Crippen LogP contribution in [0.3, 0.4) is 0 Å². The Morgan fingerprint density at radius 1 is 1.83 bits per heavy atom. The van der Waals surface area contributed by atoms with Crippen molar-refractivity contribution in [2.24, 2.45) is 0 Å². The molecule has 1 atom stereocenters. The minimum atomic E-state index is 0.301. The highest BCUT2D eigenvalue weighted by Gasteiger charge is 1.98. The van der Waals surface area contributed by atoms with E-state index >= 15 is 0 Å². The molecular formula is C4H5OP. The molecule has 0 spiro atoms. The molecule has 1 heterocycles. The first-order valence-electron chi connectivity index (χ1n) is 1.84. The fourth-order valence-electron chi connectivity index (χ4n) is 0.384. The molecule has 1 unspecified atom stereocenters. The van der Waals surface area contributed by atoms with Crippen LogP contribution < -0.4 is 0 Å². The zero-order valence-electron chi connectivity index (χ0n) is 3.27. The van der Waals surface area contributed by atoms with Crippen LogP contribution in [0.2, 0.25) is 0 Å². The van der Waals surface area contributed by atoms with Crippen molar-refractivity contribution in [2.45, 2.75) is 0 Å². The molecule has 0 fully saturated rings. The van der Waals surface area contributed by atoms with Crippen molar-refractivity contribution in [3.63, 3.8) is 0 Å². The average Bonchev–Trinajstić information content (AvgIpc) is 1.86. The van der Waals surface area contributed by atoms with Gasteiger partial charge in [-0.25, -0.2) is 0 Å². The van der Waals surface area contributed by atoms with Gasteiger partial charge in [-0.2, -0.15) is 0 Å². The zero-order valence-corrected chi connectivity index (χ0v) is 4.27. The van der Waals surface area contributed by atoms with E-state index in [2.05, 4.69) is 0 Å². The first kappa shape index (κ1) is 4.01. The topological polar surface area (TPSA) is 17.1 Å². The maximum Gasteiger partial charge on any atom is 0.173 e. The SMILES string of the molecule is O=C1C=CCP1. The Morgan fingerprint density at radius 3 is 2.83 bits per heavy atom. The van der Waals surface area contributed by atoms with Gasteiger partial charge in [-0.1, -0.05) is 6.08 Å². The van der Waals surface area contributed by atoms with Crippen molar-refractivity contribution in [1.29, 1.82) is 0 Å². The third kappa shape index (κ3) is 0.662. The molecule has 32 valence electrons. The van der Waals surface area contributed by atoms with Crippen molar-refractivity contribution in [3.05, 3.63) is 12.2 Å². The van der Waals surface area contributed by atoms with Gasteiger partial charge in [0.15, 0.2) is 5.52 Å². The molecule has 0 aromatic rings. The Balaban J connectivity index is 2.59. The summed E-state index contributed by atoms with van der Waals surface area (Å²) in [6.45, 7) is 0. The van der Waals surface area contributed by atoms with Gasteiger partial charge in [0.05, 0.1) is 0 Å². The minimum Gasteiger partial charge on any atom is -0.290 e. The predicted molar refractivity (Wildman–Crippen MR) is 27.3 cm³/mol. The molecule has 0 saturated heterocycles. The summed E-state index contributed by atoms with van der Waals surface area (Å²) in [6, 6.07) is 0. The molecule has 0 N–H and O–H groups in total. The van der Waals surface area contributed by atoms with Gasteiger partial charge < -0.3 is 0 Å². The van der Waals surface area contributed by atoms with Gasteiger partial charge in [0, 0.05) is 0 Å². The predicted octanol–water partition coefficient (Wildman–Crippen LogP) is 0.761. The molecule has 0 aromatic heterocycles. The van der Waals surface area contributed by atoms with Gasteiger partial charge in [-0.3, -0.25) is 4.79 Å². The van der Waals surface area contributed by atoms with Crippen molar-refractivity contribution in [1.82, 2.24) is 0 Å². The van der Waals surface area contributed by atoms with E-state index in [4.69, 9.17) is 0 Å². The van der Waals surface area contributed by atoms with Crippen molar-refractivity contribution >= 4 is 14.1 Å². The summed E-state index contributed by atoms with van der Waals surface area (Å²) in [5, 5.41) is 0. The molecule has 1 nitrogen and oxygen atoms in total. The van der Waals surface area contributed by atoms with Crippen LogP contribution >= 0.6 is 8.58 Å². The van der Waals surface area contributed by atoms with Crippen LogP contribution in [0.25, 0.3) is 0 Å². The molecular weight excluding hydrogens is 95.0 g/mol. The number of carbonyl (C=O) groups is 1. The fraction of sp³-hybridized carbons (Fsp3) is 0.250. The highest BCUT2D eigenvalue weighted by Crippen LogP contribution is 2.17. The largest absolute Gasteiger partial charge is 0.290 e. The maximum atomic E-state index is 10.2. The van der Waals surface area contributed by atoms with Crippen molar-refractivity contribution < 1.29 is 4.79 Å². The molecule has 0 saturated carbocycles. The van der Waals surface area contributed by atoms with Crippen molar-refractivity contribution in [2.75, 3.05) is 6.16 Å². The minimum absolute atomic E-state index is 0.301. The Morgan fingerprint density at radius 2 is 2.67 bits per heavy atom. The number of rotatable bonds is 0. The summed E-state index contributed by atoms with van der Waals surface area (Å²) in [4.78, 5) is 10.2. The van der Waals surface area contributed by atoms with E-state index in [0.29, 0.717) is 14.1 Å². The van der Waals surface area contributed by atoms with Gasteiger partial charge in [-0.15, -0.1) is 0 Å². The highest BCUT2D eigenvalue weighted by atomic mass is 31.1. The lowest BCUT2D eigenvalue weighted by Gasteiger charge is -1.72. The number of hydrogen-bond donors (Lipinski definition) is 0. The Bertz CT molecular complexity index is 95.7. The summed E-state index contributed by atoms with van der Waals surface area (Å²) in [5.41, 5.74) is 0.301. The summed E-state index contributed by atoms with van der Waals surface area (Å²) in [6.07, 6.45) is 4.55. The molecule has 0 radical (unpaired) electrons. The molecule has 1 aliphatic rings. The van der Waals surface area contributed by atoms with Crippen LogP contribution in [0.4, 0.5) is 0 Å². The lowest BCUT2D eigenvalue weighted by Crippen LogP contribution is -1.68. The average molecular weight is 100 g/mol. The van der Waals surface area contributed by atoms with E-state index in [1.807, 2.05) is 6.08 Å². The fourth-order valence-corrected chi connectivity index (χ4v) is 1.06. The van der Waals surface area contributed by atoms with Crippen LogP contribution in [-0.2, 0) is 4.79 Å². The van der Waals surface area contributed by atoms with Crippen LogP contribution in [0, 0.1) is 0 Å². The summed E-state index contributed by atoms with van der Waals surface area (Å²) >= 11 is 0. The lowest BCUT2D eigenvalue weighted by molar-refractivity contribution is -0.107. The van der Waals surface area contributed by atoms with Crippen LogP contribution in [-0.4, -0.2) is 11.7 Å². The lowest BCUT2D eigenvalue weighted by atomic mass is 10.6. The Labute approximate surface area is 38.2 Å². The van der Waals surface area contributed by atoms with E-state index in [-0.39, 0.29) is 0 Å². The summed E-state index contributed by atoms with van der Waals surface area (Å²) in [7, 11) is 0.532. The van der Waals surface area contributed by atoms with Gasteiger partial charge in [-0.05, 0) is 20.8 Å².